The predicted molar refractivity (Wildman–Crippen MR) is 74.3 cm³/mol. The average molecular weight is 293 g/mol. The summed E-state index contributed by atoms with van der Waals surface area (Å²) in [5.74, 6) is 0.306. The van der Waals surface area contributed by atoms with Crippen molar-refractivity contribution >= 4 is 21.6 Å². The summed E-state index contributed by atoms with van der Waals surface area (Å²) in [7, 11) is 0.0184. The van der Waals surface area contributed by atoms with Gasteiger partial charge in [0.25, 0.3) is 0 Å². The van der Waals surface area contributed by atoms with E-state index in [9.17, 15) is 8.42 Å². The minimum atomic E-state index is -3.42. The lowest BCUT2D eigenvalue weighted by Gasteiger charge is -2.24. The summed E-state index contributed by atoms with van der Waals surface area (Å²) >= 11 is 5.76. The summed E-state index contributed by atoms with van der Waals surface area (Å²) in [6.07, 6.45) is 3.23. The third kappa shape index (κ3) is 2.90. The van der Waals surface area contributed by atoms with Gasteiger partial charge in [-0.1, -0.05) is 13.8 Å². The van der Waals surface area contributed by atoms with Crippen molar-refractivity contribution in [2.24, 2.45) is 7.05 Å². The van der Waals surface area contributed by atoms with Crippen LogP contribution in [0.4, 0.5) is 0 Å². The minimum Gasteiger partial charge on any atom is -0.352 e. The molecule has 0 saturated carbocycles. The van der Waals surface area contributed by atoms with Crippen molar-refractivity contribution in [2.75, 3.05) is 7.05 Å². The fourth-order valence-electron chi connectivity index (χ4n) is 2.02. The molecule has 0 fully saturated rings. The molecule has 104 valence electrons. The maximum Gasteiger partial charge on any atom is 0.244 e. The fourth-order valence-corrected chi connectivity index (χ4v) is 3.88. The fraction of sp³-hybridized carbons (Fsp3) is 0.667. The SMILES string of the molecule is CCC(CC)N(C)S(=O)(=O)c1cc(CCl)n(C)c1. The van der Waals surface area contributed by atoms with Crippen LogP contribution in [0.2, 0.25) is 0 Å². The summed E-state index contributed by atoms with van der Waals surface area (Å²) in [6, 6.07) is 1.68. The van der Waals surface area contributed by atoms with Crippen LogP contribution in [0.25, 0.3) is 0 Å². The summed E-state index contributed by atoms with van der Waals surface area (Å²) < 4.78 is 28.1. The number of sulfonamides is 1. The van der Waals surface area contributed by atoms with E-state index in [0.717, 1.165) is 18.5 Å². The Hall–Kier alpha value is -0.520. The Bertz CT molecular complexity index is 492. The van der Waals surface area contributed by atoms with E-state index in [1.807, 2.05) is 13.8 Å². The standard InChI is InChI=1S/C12H21ClN2O2S/c1-5-10(6-2)15(4)18(16,17)12-7-11(8-13)14(3)9-12/h7,9-10H,5-6,8H2,1-4H3. The van der Waals surface area contributed by atoms with Gasteiger partial charge in [0.15, 0.2) is 0 Å². The van der Waals surface area contributed by atoms with E-state index < -0.39 is 10.0 Å². The Balaban J connectivity index is 3.12. The minimum absolute atomic E-state index is 0.0367. The van der Waals surface area contributed by atoms with Gasteiger partial charge >= 0.3 is 0 Å². The van der Waals surface area contributed by atoms with E-state index in [1.54, 1.807) is 30.9 Å². The molecule has 0 saturated heterocycles. The highest BCUT2D eigenvalue weighted by Crippen LogP contribution is 2.22. The molecule has 0 aliphatic heterocycles. The molecule has 0 aliphatic rings. The van der Waals surface area contributed by atoms with Crippen LogP contribution in [0.3, 0.4) is 0 Å². The first-order chi connectivity index (χ1) is 8.38. The van der Waals surface area contributed by atoms with Crippen molar-refractivity contribution in [1.82, 2.24) is 8.87 Å². The van der Waals surface area contributed by atoms with Crippen LogP contribution in [-0.4, -0.2) is 30.4 Å². The average Bonchev–Trinajstić information content (AvgIpc) is 2.72. The number of aromatic nitrogens is 1. The predicted octanol–water partition coefficient (Wildman–Crippen LogP) is 2.57. The Kier molecular flexibility index (Phi) is 5.25. The number of rotatable bonds is 6. The highest BCUT2D eigenvalue weighted by Gasteiger charge is 2.27. The molecule has 1 aromatic rings. The largest absolute Gasteiger partial charge is 0.352 e. The monoisotopic (exact) mass is 292 g/mol. The van der Waals surface area contributed by atoms with Gasteiger partial charge in [-0.25, -0.2) is 8.42 Å². The number of nitrogens with zero attached hydrogens (tertiary/aromatic N) is 2. The Morgan fingerprint density at radius 1 is 1.39 bits per heavy atom. The zero-order valence-corrected chi connectivity index (χ0v) is 12.9. The molecule has 0 unspecified atom stereocenters. The zero-order valence-electron chi connectivity index (χ0n) is 11.4. The molecule has 0 atom stereocenters. The van der Waals surface area contributed by atoms with Gasteiger partial charge in [0.05, 0.1) is 5.88 Å². The highest BCUT2D eigenvalue weighted by atomic mass is 35.5. The van der Waals surface area contributed by atoms with Crippen molar-refractivity contribution < 1.29 is 8.42 Å². The molecule has 1 aromatic heterocycles. The molecular weight excluding hydrogens is 272 g/mol. The van der Waals surface area contributed by atoms with Gasteiger partial charge in [-0.2, -0.15) is 4.31 Å². The van der Waals surface area contributed by atoms with Crippen LogP contribution in [0.1, 0.15) is 32.4 Å². The van der Waals surface area contributed by atoms with Crippen molar-refractivity contribution in [1.29, 1.82) is 0 Å². The number of halogens is 1. The van der Waals surface area contributed by atoms with Gasteiger partial charge < -0.3 is 4.57 Å². The Morgan fingerprint density at radius 3 is 2.33 bits per heavy atom. The van der Waals surface area contributed by atoms with Crippen molar-refractivity contribution in [3.05, 3.63) is 18.0 Å². The van der Waals surface area contributed by atoms with Gasteiger partial charge in [-0.15, -0.1) is 11.6 Å². The number of hydrogen-bond donors (Lipinski definition) is 0. The molecule has 0 amide bonds. The molecule has 4 nitrogen and oxygen atoms in total. The lowest BCUT2D eigenvalue weighted by atomic mass is 10.2. The van der Waals surface area contributed by atoms with Gasteiger partial charge in [-0.05, 0) is 18.9 Å². The van der Waals surface area contributed by atoms with Crippen LogP contribution >= 0.6 is 11.6 Å². The van der Waals surface area contributed by atoms with Crippen molar-refractivity contribution in [3.8, 4) is 0 Å². The van der Waals surface area contributed by atoms with Crippen LogP contribution in [0.15, 0.2) is 17.2 Å². The quantitative estimate of drug-likeness (QED) is 0.756. The Morgan fingerprint density at radius 2 is 1.94 bits per heavy atom. The van der Waals surface area contributed by atoms with E-state index in [1.165, 1.54) is 4.31 Å². The first kappa shape index (κ1) is 15.5. The van der Waals surface area contributed by atoms with Gasteiger partial charge in [0, 0.05) is 32.0 Å². The van der Waals surface area contributed by atoms with Gasteiger partial charge in [0.2, 0.25) is 10.0 Å². The van der Waals surface area contributed by atoms with Crippen LogP contribution in [0.5, 0.6) is 0 Å². The van der Waals surface area contributed by atoms with Crippen molar-refractivity contribution in [2.45, 2.75) is 43.5 Å². The second-order valence-electron chi connectivity index (χ2n) is 4.40. The number of aryl methyl sites for hydroxylation is 1. The lowest BCUT2D eigenvalue weighted by Crippen LogP contribution is -2.36. The third-order valence-electron chi connectivity index (χ3n) is 3.35. The van der Waals surface area contributed by atoms with E-state index in [4.69, 9.17) is 11.6 Å². The molecule has 6 heteroatoms. The highest BCUT2D eigenvalue weighted by molar-refractivity contribution is 7.89. The van der Waals surface area contributed by atoms with E-state index in [0.29, 0.717) is 10.8 Å². The second kappa shape index (κ2) is 6.08. The molecule has 18 heavy (non-hydrogen) atoms. The summed E-state index contributed by atoms with van der Waals surface area (Å²) in [5, 5.41) is 0. The molecule has 0 N–H and O–H groups in total. The normalized spacial score (nSPS) is 12.6. The molecule has 0 aromatic carbocycles. The first-order valence-corrected chi connectivity index (χ1v) is 8.05. The smallest absolute Gasteiger partial charge is 0.244 e. The topological polar surface area (TPSA) is 42.3 Å². The van der Waals surface area contributed by atoms with Gasteiger partial charge in [0.1, 0.15) is 4.90 Å². The van der Waals surface area contributed by atoms with Crippen LogP contribution < -0.4 is 0 Å². The molecule has 0 aliphatic carbocycles. The molecular formula is C12H21ClN2O2S. The van der Waals surface area contributed by atoms with E-state index in [2.05, 4.69) is 0 Å². The zero-order chi connectivity index (χ0) is 13.9. The Labute approximate surface area is 115 Å². The second-order valence-corrected chi connectivity index (χ2v) is 6.67. The first-order valence-electron chi connectivity index (χ1n) is 6.07. The van der Waals surface area contributed by atoms with Crippen molar-refractivity contribution in [3.63, 3.8) is 0 Å². The number of alkyl halides is 1. The molecule has 1 rings (SSSR count). The third-order valence-corrected chi connectivity index (χ3v) is 5.50. The summed E-state index contributed by atoms with van der Waals surface area (Å²) in [6.45, 7) is 3.99. The summed E-state index contributed by atoms with van der Waals surface area (Å²) in [5.41, 5.74) is 0.799. The van der Waals surface area contributed by atoms with E-state index >= 15 is 0 Å². The molecule has 0 radical (unpaired) electrons. The number of hydrogen-bond acceptors (Lipinski definition) is 2. The maximum atomic E-state index is 12.4. The molecule has 0 spiro atoms. The van der Waals surface area contributed by atoms with E-state index in [-0.39, 0.29) is 6.04 Å². The molecule has 0 bridgehead atoms. The maximum absolute atomic E-state index is 12.4. The lowest BCUT2D eigenvalue weighted by molar-refractivity contribution is 0.349. The van der Waals surface area contributed by atoms with Gasteiger partial charge in [-0.3, -0.25) is 0 Å². The van der Waals surface area contributed by atoms with Crippen LogP contribution in [0, 0.1) is 0 Å². The van der Waals surface area contributed by atoms with Crippen LogP contribution in [-0.2, 0) is 23.0 Å². The summed E-state index contributed by atoms with van der Waals surface area (Å²) in [4.78, 5) is 0.315. The molecule has 1 heterocycles.